The zero-order valence-corrected chi connectivity index (χ0v) is 16.0. The molecule has 3 rings (SSSR count). The molecule has 0 bridgehead atoms. The van der Waals surface area contributed by atoms with Gasteiger partial charge in [-0.15, -0.1) is 10.2 Å². The number of carbonyl (C=O) groups excluding carboxylic acids is 1. The van der Waals surface area contributed by atoms with Gasteiger partial charge < -0.3 is 20.1 Å². The molecule has 1 amide bonds. The highest BCUT2D eigenvalue weighted by Crippen LogP contribution is 2.19. The van der Waals surface area contributed by atoms with Gasteiger partial charge in [0, 0.05) is 11.4 Å². The molecule has 7 nitrogen and oxygen atoms in total. The maximum absolute atomic E-state index is 12.3. The molecule has 144 valence electrons. The van der Waals surface area contributed by atoms with E-state index in [0.29, 0.717) is 11.5 Å². The summed E-state index contributed by atoms with van der Waals surface area (Å²) < 4.78 is 10.7. The highest BCUT2D eigenvalue weighted by molar-refractivity contribution is 6.02. The molecule has 1 heterocycles. The van der Waals surface area contributed by atoms with Crippen molar-refractivity contribution >= 4 is 23.1 Å². The lowest BCUT2D eigenvalue weighted by Crippen LogP contribution is -2.14. The molecule has 2 N–H and O–H groups in total. The highest BCUT2D eigenvalue weighted by Gasteiger charge is 2.09. The van der Waals surface area contributed by atoms with Crippen LogP contribution in [0.15, 0.2) is 60.7 Å². The van der Waals surface area contributed by atoms with E-state index >= 15 is 0 Å². The third kappa shape index (κ3) is 5.20. The molecule has 0 aliphatic heterocycles. The summed E-state index contributed by atoms with van der Waals surface area (Å²) in [5.74, 6) is 1.73. The number of ether oxygens (including phenoxy) is 2. The van der Waals surface area contributed by atoms with Gasteiger partial charge in [0.25, 0.3) is 5.91 Å². The summed E-state index contributed by atoms with van der Waals surface area (Å²) in [6.07, 6.45) is 0.0979. The largest absolute Gasteiger partial charge is 0.497 e. The van der Waals surface area contributed by atoms with Gasteiger partial charge in [0.15, 0.2) is 11.5 Å². The lowest BCUT2D eigenvalue weighted by atomic mass is 10.2. The van der Waals surface area contributed by atoms with Crippen LogP contribution in [0.2, 0.25) is 0 Å². The van der Waals surface area contributed by atoms with Crippen LogP contribution in [0.25, 0.3) is 0 Å². The lowest BCUT2D eigenvalue weighted by Gasteiger charge is -2.10. The number of rotatable bonds is 7. The van der Waals surface area contributed by atoms with E-state index in [2.05, 4.69) is 20.8 Å². The third-order valence-electron chi connectivity index (χ3n) is 3.74. The fourth-order valence-corrected chi connectivity index (χ4v) is 2.43. The average molecular weight is 378 g/mol. The van der Waals surface area contributed by atoms with Gasteiger partial charge in [0.2, 0.25) is 0 Å². The van der Waals surface area contributed by atoms with Crippen molar-refractivity contribution in [3.05, 3.63) is 66.4 Å². The minimum absolute atomic E-state index is 0.0979. The number of nitrogens with one attached hydrogen (secondary N) is 2. The Hall–Kier alpha value is -3.61. The van der Waals surface area contributed by atoms with Crippen molar-refractivity contribution in [2.45, 2.75) is 20.0 Å². The summed E-state index contributed by atoms with van der Waals surface area (Å²) in [6, 6.07) is 17.9. The number of methoxy groups -OCH3 is 1. The van der Waals surface area contributed by atoms with Crippen LogP contribution in [-0.2, 0) is 0 Å². The first-order valence-corrected chi connectivity index (χ1v) is 8.86. The number of anilines is 3. The first kappa shape index (κ1) is 19.2. The van der Waals surface area contributed by atoms with Crippen molar-refractivity contribution < 1.29 is 14.3 Å². The quantitative estimate of drug-likeness (QED) is 0.639. The van der Waals surface area contributed by atoms with Crippen molar-refractivity contribution in [3.63, 3.8) is 0 Å². The molecular formula is C21H22N4O3. The summed E-state index contributed by atoms with van der Waals surface area (Å²) in [5.41, 5.74) is 1.72. The van der Waals surface area contributed by atoms with E-state index < -0.39 is 0 Å². The normalized spacial score (nSPS) is 10.4. The molecule has 0 aliphatic rings. The van der Waals surface area contributed by atoms with Crippen LogP contribution >= 0.6 is 0 Å². The van der Waals surface area contributed by atoms with Gasteiger partial charge in [-0.25, -0.2) is 0 Å². The number of aromatic nitrogens is 2. The first-order valence-electron chi connectivity index (χ1n) is 8.86. The summed E-state index contributed by atoms with van der Waals surface area (Å²) in [6.45, 7) is 3.92. The Morgan fingerprint density at radius 1 is 0.857 bits per heavy atom. The maximum Gasteiger partial charge on any atom is 0.276 e. The van der Waals surface area contributed by atoms with Crippen LogP contribution in [0.3, 0.4) is 0 Å². The van der Waals surface area contributed by atoms with Crippen molar-refractivity contribution in [1.82, 2.24) is 10.2 Å². The standard InChI is InChI=1S/C21H22N4O3/c1-14(2)28-18-10-6-16(7-11-18)23-21(26)19-12-13-20(25-24-19)22-15-4-8-17(27-3)9-5-15/h4-14H,1-3H3,(H,22,25)(H,23,26). The molecule has 0 unspecified atom stereocenters. The van der Waals surface area contributed by atoms with Gasteiger partial charge in [-0.3, -0.25) is 4.79 Å². The second-order valence-electron chi connectivity index (χ2n) is 6.30. The predicted molar refractivity (Wildman–Crippen MR) is 108 cm³/mol. The second kappa shape index (κ2) is 8.85. The van der Waals surface area contributed by atoms with Crippen molar-refractivity contribution in [2.75, 3.05) is 17.7 Å². The van der Waals surface area contributed by atoms with E-state index in [-0.39, 0.29) is 17.7 Å². The van der Waals surface area contributed by atoms with Gasteiger partial charge in [-0.1, -0.05) is 0 Å². The Morgan fingerprint density at radius 2 is 1.50 bits per heavy atom. The molecule has 0 radical (unpaired) electrons. The van der Waals surface area contributed by atoms with Crippen LogP contribution < -0.4 is 20.1 Å². The van der Waals surface area contributed by atoms with Crippen molar-refractivity contribution in [1.29, 1.82) is 0 Å². The number of amides is 1. The molecule has 0 spiro atoms. The van der Waals surface area contributed by atoms with E-state index in [0.717, 1.165) is 17.2 Å². The molecule has 0 saturated carbocycles. The van der Waals surface area contributed by atoms with Gasteiger partial charge in [0.05, 0.1) is 13.2 Å². The average Bonchev–Trinajstić information content (AvgIpc) is 2.70. The van der Waals surface area contributed by atoms with Gasteiger partial charge in [-0.2, -0.15) is 0 Å². The number of hydrogen-bond acceptors (Lipinski definition) is 6. The Labute approximate surface area is 163 Å². The van der Waals surface area contributed by atoms with Crippen LogP contribution in [0, 0.1) is 0 Å². The Balaban J connectivity index is 1.59. The molecule has 1 aromatic heterocycles. The molecular weight excluding hydrogens is 356 g/mol. The predicted octanol–water partition coefficient (Wildman–Crippen LogP) is 4.27. The third-order valence-corrected chi connectivity index (χ3v) is 3.74. The van der Waals surface area contributed by atoms with Crippen LogP contribution in [-0.4, -0.2) is 29.3 Å². The molecule has 3 aromatic rings. The number of nitrogens with zero attached hydrogens (tertiary/aromatic N) is 2. The first-order chi connectivity index (χ1) is 13.5. The molecule has 0 atom stereocenters. The van der Waals surface area contributed by atoms with E-state index in [4.69, 9.17) is 9.47 Å². The zero-order chi connectivity index (χ0) is 19.9. The zero-order valence-electron chi connectivity index (χ0n) is 16.0. The smallest absolute Gasteiger partial charge is 0.276 e. The molecule has 2 aromatic carbocycles. The van der Waals surface area contributed by atoms with E-state index in [9.17, 15) is 4.79 Å². The Morgan fingerprint density at radius 3 is 2.07 bits per heavy atom. The van der Waals surface area contributed by atoms with Gasteiger partial charge >= 0.3 is 0 Å². The topological polar surface area (TPSA) is 85.4 Å². The monoisotopic (exact) mass is 378 g/mol. The van der Waals surface area contributed by atoms with E-state index in [1.807, 2.05) is 50.2 Å². The van der Waals surface area contributed by atoms with Gasteiger partial charge in [-0.05, 0) is 74.5 Å². The van der Waals surface area contributed by atoms with Crippen molar-refractivity contribution in [2.24, 2.45) is 0 Å². The fraction of sp³-hybridized carbons (Fsp3) is 0.190. The van der Waals surface area contributed by atoms with Crippen LogP contribution in [0.5, 0.6) is 11.5 Å². The van der Waals surface area contributed by atoms with E-state index in [1.54, 1.807) is 31.4 Å². The molecule has 7 heteroatoms. The van der Waals surface area contributed by atoms with Crippen LogP contribution in [0.4, 0.5) is 17.2 Å². The SMILES string of the molecule is COc1ccc(Nc2ccc(C(=O)Nc3ccc(OC(C)C)cc3)nn2)cc1. The minimum Gasteiger partial charge on any atom is -0.497 e. The van der Waals surface area contributed by atoms with Crippen LogP contribution in [0.1, 0.15) is 24.3 Å². The number of hydrogen-bond donors (Lipinski definition) is 2. The summed E-state index contributed by atoms with van der Waals surface area (Å²) in [4.78, 5) is 12.3. The van der Waals surface area contributed by atoms with Gasteiger partial charge in [0.1, 0.15) is 11.5 Å². The lowest BCUT2D eigenvalue weighted by molar-refractivity contribution is 0.102. The minimum atomic E-state index is -0.332. The number of benzene rings is 2. The Bertz CT molecular complexity index is 908. The van der Waals surface area contributed by atoms with Crippen molar-refractivity contribution in [3.8, 4) is 11.5 Å². The number of carbonyl (C=O) groups is 1. The molecule has 0 saturated heterocycles. The molecule has 0 aliphatic carbocycles. The summed E-state index contributed by atoms with van der Waals surface area (Å²) in [7, 11) is 1.62. The maximum atomic E-state index is 12.3. The van der Waals surface area contributed by atoms with E-state index in [1.165, 1.54) is 0 Å². The Kier molecular flexibility index (Phi) is 6.06. The highest BCUT2D eigenvalue weighted by atomic mass is 16.5. The summed E-state index contributed by atoms with van der Waals surface area (Å²) >= 11 is 0. The summed E-state index contributed by atoms with van der Waals surface area (Å²) in [5, 5.41) is 13.9. The second-order valence-corrected chi connectivity index (χ2v) is 6.30. The fourth-order valence-electron chi connectivity index (χ4n) is 2.43. The molecule has 0 fully saturated rings. The molecule has 28 heavy (non-hydrogen) atoms.